The number of carbonyl (C=O) groups excluding carboxylic acids is 1. The Morgan fingerprint density at radius 1 is 1.15 bits per heavy atom. The third-order valence-electron chi connectivity index (χ3n) is 4.79. The first-order valence-electron chi connectivity index (χ1n) is 8.72. The molecule has 0 unspecified atom stereocenters. The molecule has 1 amide bonds. The fourth-order valence-electron chi connectivity index (χ4n) is 3.33. The lowest BCUT2D eigenvalue weighted by Gasteiger charge is -2.31. The van der Waals surface area contributed by atoms with E-state index in [1.165, 1.54) is 15.6 Å². The number of nitrogens with zero attached hydrogens (tertiary/aromatic N) is 1. The SMILES string of the molecule is Cc1cc(S(=O)(=O)N2CCC(NC(=O)c3ccccc3C)CC2)c(C)s1. The Morgan fingerprint density at radius 2 is 1.81 bits per heavy atom. The van der Waals surface area contributed by atoms with E-state index in [-0.39, 0.29) is 11.9 Å². The summed E-state index contributed by atoms with van der Waals surface area (Å²) in [6.45, 7) is 6.53. The lowest BCUT2D eigenvalue weighted by molar-refractivity contribution is 0.0923. The van der Waals surface area contributed by atoms with Crippen molar-refractivity contribution in [1.82, 2.24) is 9.62 Å². The van der Waals surface area contributed by atoms with Crippen LogP contribution >= 0.6 is 11.3 Å². The summed E-state index contributed by atoms with van der Waals surface area (Å²) in [5, 5.41) is 3.04. The lowest BCUT2D eigenvalue weighted by Crippen LogP contribution is -2.46. The van der Waals surface area contributed by atoms with E-state index in [9.17, 15) is 13.2 Å². The van der Waals surface area contributed by atoms with E-state index in [1.54, 1.807) is 6.07 Å². The fraction of sp³-hybridized carbons (Fsp3) is 0.421. The summed E-state index contributed by atoms with van der Waals surface area (Å²) in [5.74, 6) is -0.0892. The minimum Gasteiger partial charge on any atom is -0.349 e. The first-order valence-corrected chi connectivity index (χ1v) is 11.0. The molecule has 1 aliphatic rings. The number of benzene rings is 1. The minimum absolute atomic E-state index is 0.00105. The molecule has 1 aromatic heterocycles. The molecular formula is C19H24N2O3S2. The molecule has 140 valence electrons. The van der Waals surface area contributed by atoms with Crippen molar-refractivity contribution in [3.05, 3.63) is 51.2 Å². The van der Waals surface area contributed by atoms with E-state index < -0.39 is 10.0 Å². The highest BCUT2D eigenvalue weighted by Gasteiger charge is 2.31. The van der Waals surface area contributed by atoms with Gasteiger partial charge in [0.25, 0.3) is 5.91 Å². The van der Waals surface area contributed by atoms with E-state index in [0.717, 1.165) is 15.3 Å². The van der Waals surface area contributed by atoms with Crippen molar-refractivity contribution in [2.24, 2.45) is 0 Å². The zero-order valence-corrected chi connectivity index (χ0v) is 16.9. The van der Waals surface area contributed by atoms with Crippen molar-refractivity contribution in [3.63, 3.8) is 0 Å². The van der Waals surface area contributed by atoms with Gasteiger partial charge in [-0.3, -0.25) is 4.79 Å². The maximum absolute atomic E-state index is 12.9. The molecule has 1 fully saturated rings. The van der Waals surface area contributed by atoms with Crippen molar-refractivity contribution in [2.45, 2.75) is 44.6 Å². The Labute approximate surface area is 159 Å². The van der Waals surface area contributed by atoms with E-state index >= 15 is 0 Å². The number of piperidine rings is 1. The van der Waals surface area contributed by atoms with Crippen LogP contribution in [-0.2, 0) is 10.0 Å². The molecule has 5 nitrogen and oxygen atoms in total. The molecule has 1 saturated heterocycles. The van der Waals surface area contributed by atoms with Gasteiger partial charge in [-0.1, -0.05) is 18.2 Å². The van der Waals surface area contributed by atoms with Gasteiger partial charge in [0, 0.05) is 34.4 Å². The molecule has 2 aromatic rings. The first kappa shape index (κ1) is 19.1. The van der Waals surface area contributed by atoms with Gasteiger partial charge in [0.2, 0.25) is 10.0 Å². The molecule has 3 rings (SSSR count). The smallest absolute Gasteiger partial charge is 0.251 e. The van der Waals surface area contributed by atoms with Crippen LogP contribution in [-0.4, -0.2) is 37.8 Å². The highest BCUT2D eigenvalue weighted by Crippen LogP contribution is 2.29. The van der Waals surface area contributed by atoms with E-state index in [4.69, 9.17) is 0 Å². The van der Waals surface area contributed by atoms with Crippen LogP contribution in [0.25, 0.3) is 0 Å². The number of rotatable bonds is 4. The largest absolute Gasteiger partial charge is 0.349 e. The standard InChI is InChI=1S/C19H24N2O3S2/c1-13-6-4-5-7-17(13)19(22)20-16-8-10-21(11-9-16)26(23,24)18-12-14(2)25-15(18)3/h4-7,12,16H,8-11H2,1-3H3,(H,20,22). The predicted octanol–water partition coefficient (Wildman–Crippen LogP) is 3.26. The number of thiophene rings is 1. The Hall–Kier alpha value is -1.70. The Balaban J connectivity index is 1.63. The van der Waals surface area contributed by atoms with Crippen LogP contribution < -0.4 is 5.32 Å². The third kappa shape index (κ3) is 3.84. The highest BCUT2D eigenvalue weighted by atomic mass is 32.2. The van der Waals surface area contributed by atoms with Crippen molar-refractivity contribution in [3.8, 4) is 0 Å². The molecule has 26 heavy (non-hydrogen) atoms. The van der Waals surface area contributed by atoms with Crippen molar-refractivity contribution >= 4 is 27.3 Å². The van der Waals surface area contributed by atoms with Gasteiger partial charge in [-0.2, -0.15) is 4.31 Å². The topological polar surface area (TPSA) is 66.5 Å². The zero-order valence-electron chi connectivity index (χ0n) is 15.3. The summed E-state index contributed by atoms with van der Waals surface area (Å²) >= 11 is 1.51. The number of amides is 1. The Bertz CT molecular complexity index is 911. The summed E-state index contributed by atoms with van der Waals surface area (Å²) < 4.78 is 27.3. The molecule has 1 aromatic carbocycles. The number of sulfonamides is 1. The molecular weight excluding hydrogens is 368 g/mol. The number of hydrogen-bond acceptors (Lipinski definition) is 4. The Morgan fingerprint density at radius 3 is 2.38 bits per heavy atom. The fourth-order valence-corrected chi connectivity index (χ4v) is 6.33. The van der Waals surface area contributed by atoms with Gasteiger partial charge in [0.15, 0.2) is 0 Å². The van der Waals surface area contributed by atoms with Crippen LogP contribution in [0, 0.1) is 20.8 Å². The van der Waals surface area contributed by atoms with Crippen LogP contribution in [0.15, 0.2) is 35.2 Å². The number of hydrogen-bond donors (Lipinski definition) is 1. The third-order valence-corrected chi connectivity index (χ3v) is 7.91. The van der Waals surface area contributed by atoms with Crippen LogP contribution in [0.2, 0.25) is 0 Å². The lowest BCUT2D eigenvalue weighted by atomic mass is 10.0. The predicted molar refractivity (Wildman–Crippen MR) is 104 cm³/mol. The normalized spacial score (nSPS) is 16.6. The zero-order chi connectivity index (χ0) is 18.9. The molecule has 0 bridgehead atoms. The molecule has 1 N–H and O–H groups in total. The quantitative estimate of drug-likeness (QED) is 0.868. The van der Waals surface area contributed by atoms with Gasteiger partial charge < -0.3 is 5.32 Å². The average molecular weight is 393 g/mol. The minimum atomic E-state index is -3.45. The van der Waals surface area contributed by atoms with Gasteiger partial charge in [0.05, 0.1) is 4.90 Å². The van der Waals surface area contributed by atoms with Crippen LogP contribution in [0.5, 0.6) is 0 Å². The first-order chi connectivity index (χ1) is 12.3. The van der Waals surface area contributed by atoms with E-state index in [2.05, 4.69) is 5.32 Å². The molecule has 0 aliphatic carbocycles. The summed E-state index contributed by atoms with van der Waals surface area (Å²) in [6.07, 6.45) is 1.25. The van der Waals surface area contributed by atoms with Crippen LogP contribution in [0.3, 0.4) is 0 Å². The van der Waals surface area contributed by atoms with Gasteiger partial charge in [0.1, 0.15) is 0 Å². The van der Waals surface area contributed by atoms with Crippen molar-refractivity contribution in [1.29, 1.82) is 0 Å². The van der Waals surface area contributed by atoms with Gasteiger partial charge in [-0.25, -0.2) is 8.42 Å². The molecule has 1 aliphatic heterocycles. The van der Waals surface area contributed by atoms with Gasteiger partial charge >= 0.3 is 0 Å². The molecule has 0 radical (unpaired) electrons. The summed E-state index contributed by atoms with van der Waals surface area (Å²) in [5.41, 5.74) is 1.61. The highest BCUT2D eigenvalue weighted by molar-refractivity contribution is 7.89. The average Bonchev–Trinajstić information content (AvgIpc) is 2.95. The second kappa shape index (κ2) is 7.50. The summed E-state index contributed by atoms with van der Waals surface area (Å²) in [4.78, 5) is 14.7. The Kier molecular flexibility index (Phi) is 5.50. The molecule has 7 heteroatoms. The molecule has 0 spiro atoms. The maximum Gasteiger partial charge on any atom is 0.251 e. The van der Waals surface area contributed by atoms with Gasteiger partial charge in [-0.15, -0.1) is 11.3 Å². The maximum atomic E-state index is 12.9. The van der Waals surface area contributed by atoms with E-state index in [1.807, 2.05) is 45.0 Å². The van der Waals surface area contributed by atoms with Gasteiger partial charge in [-0.05, 0) is 51.3 Å². The second-order valence-corrected chi connectivity index (χ2v) is 10.1. The number of aryl methyl sites for hydroxylation is 3. The number of carbonyl (C=O) groups is 1. The van der Waals surface area contributed by atoms with E-state index in [0.29, 0.717) is 36.4 Å². The van der Waals surface area contributed by atoms with Crippen molar-refractivity contribution < 1.29 is 13.2 Å². The molecule has 2 heterocycles. The second-order valence-electron chi connectivity index (χ2n) is 6.74. The molecule has 0 saturated carbocycles. The van der Waals surface area contributed by atoms with Crippen LogP contribution in [0.4, 0.5) is 0 Å². The monoisotopic (exact) mass is 392 g/mol. The molecule has 0 atom stereocenters. The van der Waals surface area contributed by atoms with Crippen LogP contribution in [0.1, 0.15) is 38.5 Å². The van der Waals surface area contributed by atoms with Crippen molar-refractivity contribution in [2.75, 3.05) is 13.1 Å². The summed E-state index contributed by atoms with van der Waals surface area (Å²) in [6, 6.07) is 9.23. The summed E-state index contributed by atoms with van der Waals surface area (Å²) in [7, 11) is -3.45. The number of nitrogens with one attached hydrogen (secondary N) is 1.